The number of hydrogen-bond donors (Lipinski definition) is 1. The third-order valence-corrected chi connectivity index (χ3v) is 4.17. The highest BCUT2D eigenvalue weighted by Crippen LogP contribution is 2.20. The number of hydrogen-bond acceptors (Lipinski definition) is 4. The molecule has 0 aliphatic carbocycles. The maximum absolute atomic E-state index is 12.5. The first-order valence-corrected chi connectivity index (χ1v) is 8.00. The van der Waals surface area contributed by atoms with Gasteiger partial charge in [-0.3, -0.25) is 9.78 Å². The summed E-state index contributed by atoms with van der Waals surface area (Å²) in [5, 5.41) is 3.09. The minimum atomic E-state index is -0.138. The Balaban J connectivity index is 1.68. The van der Waals surface area contributed by atoms with Crippen LogP contribution >= 0.6 is 0 Å². The summed E-state index contributed by atoms with van der Waals surface area (Å²) in [5.74, 6) is 0.318. The molecule has 1 fully saturated rings. The van der Waals surface area contributed by atoms with Gasteiger partial charge in [0.15, 0.2) is 0 Å². The van der Waals surface area contributed by atoms with Crippen LogP contribution in [0.1, 0.15) is 37.2 Å². The summed E-state index contributed by atoms with van der Waals surface area (Å²) in [6.07, 6.45) is 8.78. The molecule has 1 N–H and O–H groups in total. The summed E-state index contributed by atoms with van der Waals surface area (Å²) >= 11 is 0. The molecular formula is C17H22N4O2. The van der Waals surface area contributed by atoms with Crippen LogP contribution in [0, 0.1) is 5.92 Å². The first-order chi connectivity index (χ1) is 11.1. The van der Waals surface area contributed by atoms with E-state index in [-0.39, 0.29) is 18.1 Å². The SMILES string of the molecule is CC(C)C1CC(NC(=O)c2cc(-n3ccnc3)ccn2)CCO1. The largest absolute Gasteiger partial charge is 0.378 e. The van der Waals surface area contributed by atoms with E-state index in [0.29, 0.717) is 18.2 Å². The third kappa shape index (κ3) is 3.76. The van der Waals surface area contributed by atoms with Crippen molar-refractivity contribution in [2.45, 2.75) is 38.8 Å². The second kappa shape index (κ2) is 6.91. The smallest absolute Gasteiger partial charge is 0.270 e. The third-order valence-electron chi connectivity index (χ3n) is 4.17. The molecule has 1 saturated heterocycles. The van der Waals surface area contributed by atoms with Gasteiger partial charge in [0.2, 0.25) is 0 Å². The summed E-state index contributed by atoms with van der Waals surface area (Å²) in [5.41, 5.74) is 1.29. The van der Waals surface area contributed by atoms with Gasteiger partial charge in [0.1, 0.15) is 5.69 Å². The molecule has 6 heteroatoms. The van der Waals surface area contributed by atoms with E-state index < -0.39 is 0 Å². The average Bonchev–Trinajstić information content (AvgIpc) is 3.10. The molecule has 23 heavy (non-hydrogen) atoms. The lowest BCUT2D eigenvalue weighted by atomic mass is 9.95. The predicted molar refractivity (Wildman–Crippen MR) is 86.4 cm³/mol. The van der Waals surface area contributed by atoms with Crippen LogP contribution in [0.5, 0.6) is 0 Å². The molecule has 3 rings (SSSR count). The molecule has 0 saturated carbocycles. The average molecular weight is 314 g/mol. The van der Waals surface area contributed by atoms with Gasteiger partial charge in [-0.2, -0.15) is 0 Å². The number of nitrogens with zero attached hydrogens (tertiary/aromatic N) is 3. The van der Waals surface area contributed by atoms with Crippen molar-refractivity contribution in [2.24, 2.45) is 5.92 Å². The van der Waals surface area contributed by atoms with Crippen LogP contribution in [-0.2, 0) is 4.74 Å². The number of carbonyl (C=O) groups is 1. The molecule has 1 aliphatic heterocycles. The summed E-state index contributed by atoms with van der Waals surface area (Å²) in [6.45, 7) is 4.98. The standard InChI is InChI=1S/C17H22N4O2/c1-12(2)16-9-13(4-8-23-16)20-17(22)15-10-14(3-5-19-15)21-7-6-18-11-21/h3,5-7,10-13,16H,4,8-9H2,1-2H3,(H,20,22). The number of amides is 1. The summed E-state index contributed by atoms with van der Waals surface area (Å²) in [7, 11) is 0. The molecule has 1 aliphatic rings. The summed E-state index contributed by atoms with van der Waals surface area (Å²) in [4.78, 5) is 20.7. The second-order valence-electron chi connectivity index (χ2n) is 6.22. The van der Waals surface area contributed by atoms with E-state index in [1.807, 2.05) is 16.8 Å². The Morgan fingerprint density at radius 1 is 1.43 bits per heavy atom. The van der Waals surface area contributed by atoms with E-state index >= 15 is 0 Å². The number of ether oxygens (including phenoxy) is 1. The Kier molecular flexibility index (Phi) is 4.71. The first-order valence-electron chi connectivity index (χ1n) is 8.00. The van der Waals surface area contributed by atoms with Gasteiger partial charge in [0.25, 0.3) is 5.91 Å². The fourth-order valence-corrected chi connectivity index (χ4v) is 2.80. The molecule has 6 nitrogen and oxygen atoms in total. The van der Waals surface area contributed by atoms with Gasteiger partial charge >= 0.3 is 0 Å². The van der Waals surface area contributed by atoms with Crippen LogP contribution in [0.2, 0.25) is 0 Å². The van der Waals surface area contributed by atoms with Crippen LogP contribution in [0.15, 0.2) is 37.1 Å². The monoisotopic (exact) mass is 314 g/mol. The molecule has 2 unspecified atom stereocenters. The van der Waals surface area contributed by atoms with Crippen molar-refractivity contribution in [2.75, 3.05) is 6.61 Å². The van der Waals surface area contributed by atoms with E-state index in [2.05, 4.69) is 29.1 Å². The highest BCUT2D eigenvalue weighted by atomic mass is 16.5. The Hall–Kier alpha value is -2.21. The van der Waals surface area contributed by atoms with Crippen molar-refractivity contribution in [3.63, 3.8) is 0 Å². The number of imidazole rings is 1. The quantitative estimate of drug-likeness (QED) is 0.939. The molecule has 3 heterocycles. The molecule has 2 aromatic heterocycles. The minimum absolute atomic E-state index is 0.138. The first kappa shape index (κ1) is 15.7. The van der Waals surface area contributed by atoms with Crippen LogP contribution in [0.4, 0.5) is 0 Å². The van der Waals surface area contributed by atoms with Crippen molar-refractivity contribution in [1.82, 2.24) is 19.9 Å². The van der Waals surface area contributed by atoms with Gasteiger partial charge in [0.05, 0.1) is 18.1 Å². The number of nitrogens with one attached hydrogen (secondary N) is 1. The fourth-order valence-electron chi connectivity index (χ4n) is 2.80. The molecule has 0 spiro atoms. The van der Waals surface area contributed by atoms with Gasteiger partial charge in [-0.15, -0.1) is 0 Å². The van der Waals surface area contributed by atoms with Crippen LogP contribution in [0.3, 0.4) is 0 Å². The van der Waals surface area contributed by atoms with E-state index in [1.54, 1.807) is 24.8 Å². The number of rotatable bonds is 4. The molecule has 2 aromatic rings. The minimum Gasteiger partial charge on any atom is -0.378 e. The lowest BCUT2D eigenvalue weighted by Gasteiger charge is -2.32. The van der Waals surface area contributed by atoms with Gasteiger partial charge < -0.3 is 14.6 Å². The maximum Gasteiger partial charge on any atom is 0.270 e. The van der Waals surface area contributed by atoms with E-state index in [1.165, 1.54) is 0 Å². The van der Waals surface area contributed by atoms with Crippen LogP contribution in [0.25, 0.3) is 5.69 Å². The zero-order valence-electron chi connectivity index (χ0n) is 13.5. The zero-order chi connectivity index (χ0) is 16.2. The van der Waals surface area contributed by atoms with Crippen LogP contribution < -0.4 is 5.32 Å². The normalized spacial score (nSPS) is 21.3. The predicted octanol–water partition coefficient (Wildman–Crippen LogP) is 2.20. The van der Waals surface area contributed by atoms with Gasteiger partial charge in [-0.25, -0.2) is 4.98 Å². The molecule has 0 aromatic carbocycles. The van der Waals surface area contributed by atoms with Crippen molar-refractivity contribution in [1.29, 1.82) is 0 Å². The maximum atomic E-state index is 12.5. The fraction of sp³-hybridized carbons (Fsp3) is 0.471. The molecule has 1 amide bonds. The van der Waals surface area contributed by atoms with Crippen molar-refractivity contribution < 1.29 is 9.53 Å². The molecule has 0 bridgehead atoms. The van der Waals surface area contributed by atoms with E-state index in [9.17, 15) is 4.79 Å². The number of pyridine rings is 1. The van der Waals surface area contributed by atoms with Crippen molar-refractivity contribution >= 4 is 5.91 Å². The Bertz CT molecular complexity index is 654. The summed E-state index contributed by atoms with van der Waals surface area (Å²) in [6, 6.07) is 3.76. The molecule has 0 radical (unpaired) electrons. The van der Waals surface area contributed by atoms with Crippen molar-refractivity contribution in [3.05, 3.63) is 42.7 Å². The zero-order valence-corrected chi connectivity index (χ0v) is 13.5. The lowest BCUT2D eigenvalue weighted by molar-refractivity contribution is -0.0233. The van der Waals surface area contributed by atoms with Gasteiger partial charge in [-0.1, -0.05) is 13.8 Å². The van der Waals surface area contributed by atoms with Crippen LogP contribution in [-0.4, -0.2) is 39.2 Å². The second-order valence-corrected chi connectivity index (χ2v) is 6.22. The Morgan fingerprint density at radius 2 is 2.30 bits per heavy atom. The van der Waals surface area contributed by atoms with E-state index in [4.69, 9.17) is 4.74 Å². The summed E-state index contributed by atoms with van der Waals surface area (Å²) < 4.78 is 7.60. The van der Waals surface area contributed by atoms with Gasteiger partial charge in [-0.05, 0) is 30.9 Å². The highest BCUT2D eigenvalue weighted by Gasteiger charge is 2.26. The molecule has 2 atom stereocenters. The Labute approximate surface area is 135 Å². The molecular weight excluding hydrogens is 292 g/mol. The van der Waals surface area contributed by atoms with Gasteiger partial charge in [0, 0.05) is 31.2 Å². The number of carbonyl (C=O) groups excluding carboxylic acids is 1. The number of aromatic nitrogens is 3. The van der Waals surface area contributed by atoms with Crippen molar-refractivity contribution in [3.8, 4) is 5.69 Å². The van der Waals surface area contributed by atoms with E-state index in [0.717, 1.165) is 18.5 Å². The highest BCUT2D eigenvalue weighted by molar-refractivity contribution is 5.92. The Morgan fingerprint density at radius 3 is 3.04 bits per heavy atom. The lowest BCUT2D eigenvalue weighted by Crippen LogP contribution is -2.43. The topological polar surface area (TPSA) is 69.0 Å². The molecule has 122 valence electrons.